The highest BCUT2D eigenvalue weighted by Gasteiger charge is 2.45. The Balaban J connectivity index is 1.64. The summed E-state index contributed by atoms with van der Waals surface area (Å²) < 4.78 is 6.16. The zero-order valence-electron chi connectivity index (χ0n) is 25.6. The maximum Gasteiger partial charge on any atom is 0.246 e. The molecule has 4 rings (SSSR count). The Morgan fingerprint density at radius 3 is 2.52 bits per heavy atom. The molecule has 1 heterocycles. The van der Waals surface area contributed by atoms with Crippen LogP contribution in [0.4, 0.5) is 0 Å². The summed E-state index contributed by atoms with van der Waals surface area (Å²) >= 11 is 0. The Morgan fingerprint density at radius 2 is 1.79 bits per heavy atom. The molecule has 1 saturated carbocycles. The van der Waals surface area contributed by atoms with E-state index in [1.165, 1.54) is 0 Å². The van der Waals surface area contributed by atoms with E-state index in [0.29, 0.717) is 39.0 Å². The Kier molecular flexibility index (Phi) is 11.0. The van der Waals surface area contributed by atoms with Crippen molar-refractivity contribution in [2.75, 3.05) is 19.7 Å². The van der Waals surface area contributed by atoms with Crippen molar-refractivity contribution in [2.24, 2.45) is 11.8 Å². The first-order chi connectivity index (χ1) is 20.2. The molecule has 2 aromatic carbocycles. The summed E-state index contributed by atoms with van der Waals surface area (Å²) in [6.07, 6.45) is 4.69. The minimum absolute atomic E-state index is 0.0603. The Hall–Kier alpha value is -3.39. The monoisotopic (exact) mass is 576 g/mol. The fraction of sp³-hybridized carbons (Fsp3) is 0.559. The number of ether oxygens (including phenoxy) is 1. The summed E-state index contributed by atoms with van der Waals surface area (Å²) in [7, 11) is 0. The first-order valence-electron chi connectivity index (χ1n) is 15.6. The molecule has 0 radical (unpaired) electrons. The molecule has 0 bridgehead atoms. The summed E-state index contributed by atoms with van der Waals surface area (Å²) in [4.78, 5) is 41.4. The summed E-state index contributed by atoms with van der Waals surface area (Å²) in [5, 5.41) is 12.7. The number of rotatable bonds is 4. The molecule has 4 N–H and O–H groups in total. The molecule has 1 aliphatic heterocycles. The molecule has 2 unspecified atom stereocenters. The third-order valence-corrected chi connectivity index (χ3v) is 8.78. The van der Waals surface area contributed by atoms with Crippen molar-refractivity contribution in [3.63, 3.8) is 0 Å². The van der Waals surface area contributed by atoms with E-state index in [9.17, 15) is 14.4 Å². The molecule has 0 aromatic heterocycles. The maximum atomic E-state index is 14.0. The van der Waals surface area contributed by atoms with Crippen LogP contribution in [0.1, 0.15) is 69.6 Å². The van der Waals surface area contributed by atoms with Crippen LogP contribution >= 0.6 is 0 Å². The van der Waals surface area contributed by atoms with E-state index in [-0.39, 0.29) is 29.6 Å². The molecule has 3 amide bonds. The predicted molar refractivity (Wildman–Crippen MR) is 165 cm³/mol. The number of hydrogen-bond acceptors (Lipinski definition) is 5. The fourth-order valence-corrected chi connectivity index (χ4v) is 6.10. The lowest BCUT2D eigenvalue weighted by Crippen LogP contribution is -2.64. The summed E-state index contributed by atoms with van der Waals surface area (Å²) in [5.74, 6) is 0.344. The first-order valence-corrected chi connectivity index (χ1v) is 15.6. The van der Waals surface area contributed by atoms with Crippen LogP contribution in [0.15, 0.2) is 48.5 Å². The van der Waals surface area contributed by atoms with Crippen molar-refractivity contribution in [2.45, 2.75) is 90.3 Å². The average Bonchev–Trinajstić information content (AvgIpc) is 3.45. The molecular formula is C34H48N4O4. The molecule has 4 atom stereocenters. The molecule has 1 aliphatic carbocycles. The van der Waals surface area contributed by atoms with Crippen molar-refractivity contribution in [3.8, 4) is 5.75 Å². The van der Waals surface area contributed by atoms with Gasteiger partial charge in [0.15, 0.2) is 0 Å². The van der Waals surface area contributed by atoms with Gasteiger partial charge in [0.25, 0.3) is 0 Å². The smallest absolute Gasteiger partial charge is 0.246 e. The second kappa shape index (κ2) is 14.7. The van der Waals surface area contributed by atoms with Crippen molar-refractivity contribution in [1.29, 1.82) is 0 Å². The van der Waals surface area contributed by atoms with Gasteiger partial charge in [-0.2, -0.15) is 0 Å². The van der Waals surface area contributed by atoms with Crippen LogP contribution in [0, 0.1) is 18.8 Å². The van der Waals surface area contributed by atoms with E-state index in [2.05, 4.69) is 41.2 Å². The standard InChI is InChI=1S/C34H48N4O4/c1-5-25(4)30-32(40)38-34(15-8-9-16-34)33(41)37-28(21-26-12-10-11-23(2)19-26)31(39)36-22-24(3)20-27-13-6-7-14-29(27)42-18-17-35-30/h6-7,10-14,19,24-25,28,30,35H,5,8-9,15-18,20-22H2,1-4H3,(H,36,39)(H,37,41)(H,38,40)/t24?,25?,28-,30+/m1/s1. The Morgan fingerprint density at radius 1 is 1.02 bits per heavy atom. The lowest BCUT2D eigenvalue weighted by Gasteiger charge is -2.34. The highest BCUT2D eigenvalue weighted by Crippen LogP contribution is 2.31. The number of aryl methyl sites for hydroxylation is 1. The second-order valence-corrected chi connectivity index (χ2v) is 12.3. The number of carbonyl (C=O) groups excluding carboxylic acids is 3. The minimum atomic E-state index is -1.04. The normalized spacial score (nSPS) is 24.8. The molecule has 1 spiro atoms. The van der Waals surface area contributed by atoms with Crippen LogP contribution < -0.4 is 26.0 Å². The van der Waals surface area contributed by atoms with Gasteiger partial charge in [-0.05, 0) is 55.2 Å². The van der Waals surface area contributed by atoms with E-state index in [0.717, 1.165) is 48.1 Å². The van der Waals surface area contributed by atoms with Gasteiger partial charge in [0.05, 0.1) is 6.04 Å². The van der Waals surface area contributed by atoms with Gasteiger partial charge in [-0.3, -0.25) is 14.4 Å². The highest BCUT2D eigenvalue weighted by molar-refractivity contribution is 5.96. The SMILES string of the molecule is CCC(C)[C@@H]1NCCOc2ccccc2CC(C)CNC(=O)[C@@H](Cc2cccc(C)c2)NC(=O)C2(CCCC2)NC1=O. The minimum Gasteiger partial charge on any atom is -0.492 e. The quantitative estimate of drug-likeness (QED) is 0.442. The number of carbonyl (C=O) groups is 3. The van der Waals surface area contributed by atoms with Gasteiger partial charge in [0, 0.05) is 19.5 Å². The molecule has 8 heteroatoms. The fourth-order valence-electron chi connectivity index (χ4n) is 6.10. The van der Waals surface area contributed by atoms with Crippen molar-refractivity contribution < 1.29 is 19.1 Å². The molecule has 0 saturated heterocycles. The van der Waals surface area contributed by atoms with Crippen molar-refractivity contribution in [1.82, 2.24) is 21.3 Å². The Labute approximate surface area is 250 Å². The zero-order valence-corrected chi connectivity index (χ0v) is 25.6. The molecule has 228 valence electrons. The molecule has 42 heavy (non-hydrogen) atoms. The number of fused-ring (bicyclic) bond motifs is 1. The topological polar surface area (TPSA) is 109 Å². The lowest BCUT2D eigenvalue weighted by molar-refractivity contribution is -0.137. The van der Waals surface area contributed by atoms with Gasteiger partial charge in [0.1, 0.15) is 23.9 Å². The van der Waals surface area contributed by atoms with E-state index in [1.54, 1.807) is 0 Å². The lowest BCUT2D eigenvalue weighted by atomic mass is 9.92. The maximum absolute atomic E-state index is 14.0. The highest BCUT2D eigenvalue weighted by atomic mass is 16.5. The number of benzene rings is 2. The number of para-hydroxylation sites is 1. The first kappa shape index (κ1) is 31.5. The van der Waals surface area contributed by atoms with Crippen LogP contribution in [0.2, 0.25) is 0 Å². The van der Waals surface area contributed by atoms with Gasteiger partial charge in [-0.15, -0.1) is 0 Å². The summed E-state index contributed by atoms with van der Waals surface area (Å²) in [6, 6.07) is 14.7. The summed E-state index contributed by atoms with van der Waals surface area (Å²) in [5.41, 5.74) is 2.10. The number of hydrogen-bond donors (Lipinski definition) is 4. The third kappa shape index (κ3) is 8.12. The molecule has 2 aromatic rings. The summed E-state index contributed by atoms with van der Waals surface area (Å²) in [6.45, 7) is 9.60. The molecule has 1 fully saturated rings. The van der Waals surface area contributed by atoms with E-state index >= 15 is 0 Å². The zero-order chi connectivity index (χ0) is 30.1. The van der Waals surface area contributed by atoms with Gasteiger partial charge < -0.3 is 26.0 Å². The van der Waals surface area contributed by atoms with Crippen molar-refractivity contribution in [3.05, 3.63) is 65.2 Å². The van der Waals surface area contributed by atoms with Crippen LogP contribution in [0.3, 0.4) is 0 Å². The number of nitrogens with one attached hydrogen (secondary N) is 4. The largest absolute Gasteiger partial charge is 0.492 e. The molecule has 8 nitrogen and oxygen atoms in total. The van der Waals surface area contributed by atoms with Crippen molar-refractivity contribution >= 4 is 17.7 Å². The van der Waals surface area contributed by atoms with Crippen LogP contribution in [-0.4, -0.2) is 55.0 Å². The van der Waals surface area contributed by atoms with E-state index in [1.807, 2.05) is 56.3 Å². The third-order valence-electron chi connectivity index (χ3n) is 8.78. The van der Waals surface area contributed by atoms with E-state index in [4.69, 9.17) is 4.74 Å². The van der Waals surface area contributed by atoms with Gasteiger partial charge in [0.2, 0.25) is 17.7 Å². The van der Waals surface area contributed by atoms with Gasteiger partial charge in [-0.25, -0.2) is 0 Å². The van der Waals surface area contributed by atoms with Gasteiger partial charge in [-0.1, -0.05) is 88.1 Å². The molecular weight excluding hydrogens is 528 g/mol. The van der Waals surface area contributed by atoms with E-state index < -0.39 is 17.6 Å². The number of amides is 3. The van der Waals surface area contributed by atoms with Gasteiger partial charge >= 0.3 is 0 Å². The molecule has 2 aliphatic rings. The predicted octanol–water partition coefficient (Wildman–Crippen LogP) is 3.84. The van der Waals surface area contributed by atoms with Crippen LogP contribution in [0.5, 0.6) is 5.75 Å². The van der Waals surface area contributed by atoms with Crippen LogP contribution in [0.25, 0.3) is 0 Å². The average molecular weight is 577 g/mol. The second-order valence-electron chi connectivity index (χ2n) is 12.3. The van der Waals surface area contributed by atoms with Crippen LogP contribution in [-0.2, 0) is 27.2 Å². The Bertz CT molecular complexity index is 1230.